The molecule has 4 nitrogen and oxygen atoms in total. The van der Waals surface area contributed by atoms with Crippen molar-refractivity contribution in [3.05, 3.63) is 29.3 Å². The number of carbonyl (C=O) groups is 2. The van der Waals surface area contributed by atoms with Crippen molar-refractivity contribution in [1.29, 1.82) is 0 Å². The average molecular weight is 235 g/mol. The molecule has 0 spiro atoms. The van der Waals surface area contributed by atoms with Gasteiger partial charge in [0.05, 0.1) is 13.5 Å². The summed E-state index contributed by atoms with van der Waals surface area (Å²) in [4.78, 5) is 22.1. The van der Waals surface area contributed by atoms with Crippen LogP contribution in [-0.2, 0) is 16.1 Å². The predicted molar refractivity (Wildman–Crippen MR) is 64.9 cm³/mol. The molecule has 0 saturated heterocycles. The maximum atomic E-state index is 11.3. The minimum atomic E-state index is -0.263. The van der Waals surface area contributed by atoms with E-state index in [4.69, 9.17) is 4.74 Å². The minimum absolute atomic E-state index is 0.0753. The van der Waals surface area contributed by atoms with Gasteiger partial charge in [0.15, 0.2) is 0 Å². The van der Waals surface area contributed by atoms with E-state index in [1.165, 1.54) is 6.92 Å². The molecule has 17 heavy (non-hydrogen) atoms. The van der Waals surface area contributed by atoms with Gasteiger partial charge in [0.1, 0.15) is 11.5 Å². The van der Waals surface area contributed by atoms with Crippen LogP contribution in [0.2, 0.25) is 0 Å². The minimum Gasteiger partial charge on any atom is -0.496 e. The molecule has 0 aliphatic carbocycles. The van der Waals surface area contributed by atoms with Gasteiger partial charge in [-0.15, -0.1) is 0 Å². The quantitative estimate of drug-likeness (QED) is 0.789. The lowest BCUT2D eigenvalue weighted by molar-refractivity contribution is -0.127. The summed E-state index contributed by atoms with van der Waals surface area (Å²) in [5, 5.41) is 2.69. The fraction of sp³-hybridized carbons (Fsp3) is 0.385. The first-order valence-corrected chi connectivity index (χ1v) is 5.42. The highest BCUT2D eigenvalue weighted by Gasteiger charge is 2.07. The first kappa shape index (κ1) is 13.2. The second kappa shape index (κ2) is 6.03. The van der Waals surface area contributed by atoms with Crippen molar-refractivity contribution >= 4 is 11.7 Å². The standard InChI is InChI=1S/C13H17NO3/c1-9-4-5-12(17-3)11(6-9)8-14-13(16)7-10(2)15/h4-6H,7-8H2,1-3H3,(H,14,16). The molecule has 4 heteroatoms. The van der Waals surface area contributed by atoms with Crippen molar-refractivity contribution in [2.75, 3.05) is 7.11 Å². The third kappa shape index (κ3) is 4.26. The summed E-state index contributed by atoms with van der Waals surface area (Å²) in [6.45, 7) is 3.74. The van der Waals surface area contributed by atoms with E-state index < -0.39 is 0 Å². The SMILES string of the molecule is COc1ccc(C)cc1CNC(=O)CC(C)=O. The summed E-state index contributed by atoms with van der Waals surface area (Å²) in [5.74, 6) is 0.332. The molecule has 0 radical (unpaired) electrons. The van der Waals surface area contributed by atoms with Crippen molar-refractivity contribution in [3.8, 4) is 5.75 Å². The van der Waals surface area contributed by atoms with E-state index in [1.807, 2.05) is 25.1 Å². The summed E-state index contributed by atoms with van der Waals surface area (Å²) in [6.07, 6.45) is -0.0753. The van der Waals surface area contributed by atoms with Crippen LogP contribution in [0.5, 0.6) is 5.75 Å². The predicted octanol–water partition coefficient (Wildman–Crippen LogP) is 1.60. The average Bonchev–Trinajstić information content (AvgIpc) is 2.25. The number of amides is 1. The molecule has 0 unspecified atom stereocenters. The number of rotatable bonds is 5. The van der Waals surface area contributed by atoms with Crippen LogP contribution in [0.4, 0.5) is 0 Å². The topological polar surface area (TPSA) is 55.4 Å². The Hall–Kier alpha value is -1.84. The van der Waals surface area contributed by atoms with Gasteiger partial charge in [-0.1, -0.05) is 17.7 Å². The Bertz CT molecular complexity index is 427. The highest BCUT2D eigenvalue weighted by molar-refractivity contribution is 5.96. The van der Waals surface area contributed by atoms with Gasteiger partial charge in [-0.3, -0.25) is 9.59 Å². The van der Waals surface area contributed by atoms with Crippen molar-refractivity contribution in [2.45, 2.75) is 26.8 Å². The maximum absolute atomic E-state index is 11.3. The van der Waals surface area contributed by atoms with Gasteiger partial charge in [0.25, 0.3) is 0 Å². The van der Waals surface area contributed by atoms with E-state index in [1.54, 1.807) is 7.11 Å². The number of hydrogen-bond acceptors (Lipinski definition) is 3. The van der Waals surface area contributed by atoms with E-state index in [2.05, 4.69) is 5.32 Å². The Morgan fingerprint density at radius 1 is 1.35 bits per heavy atom. The second-order valence-electron chi connectivity index (χ2n) is 3.97. The lowest BCUT2D eigenvalue weighted by Crippen LogP contribution is -2.24. The van der Waals surface area contributed by atoms with E-state index in [0.717, 1.165) is 16.9 Å². The fourth-order valence-electron chi connectivity index (χ4n) is 1.53. The third-order valence-electron chi connectivity index (χ3n) is 2.32. The highest BCUT2D eigenvalue weighted by Crippen LogP contribution is 2.19. The summed E-state index contributed by atoms with van der Waals surface area (Å²) >= 11 is 0. The van der Waals surface area contributed by atoms with Crippen LogP contribution < -0.4 is 10.1 Å². The second-order valence-corrected chi connectivity index (χ2v) is 3.97. The summed E-state index contributed by atoms with van der Waals surface area (Å²) in [7, 11) is 1.59. The number of ether oxygens (including phenoxy) is 1. The third-order valence-corrected chi connectivity index (χ3v) is 2.32. The van der Waals surface area contributed by atoms with Gasteiger partial charge in [-0.25, -0.2) is 0 Å². The van der Waals surface area contributed by atoms with Gasteiger partial charge in [-0.2, -0.15) is 0 Å². The number of carbonyl (C=O) groups excluding carboxylic acids is 2. The molecule has 0 bridgehead atoms. The smallest absolute Gasteiger partial charge is 0.227 e. The molecular formula is C13H17NO3. The van der Waals surface area contributed by atoms with Gasteiger partial charge < -0.3 is 10.1 Å². The maximum Gasteiger partial charge on any atom is 0.227 e. The van der Waals surface area contributed by atoms with Gasteiger partial charge >= 0.3 is 0 Å². The van der Waals surface area contributed by atoms with Crippen LogP contribution in [0.15, 0.2) is 18.2 Å². The van der Waals surface area contributed by atoms with E-state index in [0.29, 0.717) is 6.54 Å². The summed E-state index contributed by atoms with van der Waals surface area (Å²) < 4.78 is 5.20. The van der Waals surface area contributed by atoms with Crippen LogP contribution in [0.25, 0.3) is 0 Å². The molecule has 1 N–H and O–H groups in total. The van der Waals surface area contributed by atoms with Crippen LogP contribution in [0.1, 0.15) is 24.5 Å². The van der Waals surface area contributed by atoms with Crippen LogP contribution in [-0.4, -0.2) is 18.8 Å². The fourth-order valence-corrected chi connectivity index (χ4v) is 1.53. The largest absolute Gasteiger partial charge is 0.496 e. The molecule has 0 atom stereocenters. The zero-order valence-corrected chi connectivity index (χ0v) is 10.4. The number of aryl methyl sites for hydroxylation is 1. The van der Waals surface area contributed by atoms with Crippen molar-refractivity contribution in [1.82, 2.24) is 5.32 Å². The molecule has 0 aliphatic rings. The van der Waals surface area contributed by atoms with E-state index >= 15 is 0 Å². The molecule has 0 fully saturated rings. The number of nitrogens with one attached hydrogen (secondary N) is 1. The number of benzene rings is 1. The Labute approximate surface area is 101 Å². The first-order valence-electron chi connectivity index (χ1n) is 5.42. The molecular weight excluding hydrogens is 218 g/mol. The van der Waals surface area contributed by atoms with Crippen molar-refractivity contribution in [3.63, 3.8) is 0 Å². The summed E-state index contributed by atoms with van der Waals surface area (Å²) in [6, 6.07) is 5.76. The van der Waals surface area contributed by atoms with Gasteiger partial charge in [0.2, 0.25) is 5.91 Å². The van der Waals surface area contributed by atoms with Crippen LogP contribution in [0, 0.1) is 6.92 Å². The Morgan fingerprint density at radius 3 is 2.65 bits per heavy atom. The van der Waals surface area contributed by atoms with Crippen LogP contribution >= 0.6 is 0 Å². The van der Waals surface area contributed by atoms with E-state index in [-0.39, 0.29) is 18.1 Å². The molecule has 0 aliphatic heterocycles. The number of methoxy groups -OCH3 is 1. The Kier molecular flexibility index (Phi) is 4.69. The number of Topliss-reactive ketones (excluding diaryl/α,β-unsaturated/α-hetero) is 1. The Balaban J connectivity index is 2.65. The zero-order chi connectivity index (χ0) is 12.8. The molecule has 0 aromatic heterocycles. The lowest BCUT2D eigenvalue weighted by atomic mass is 10.1. The lowest BCUT2D eigenvalue weighted by Gasteiger charge is -2.10. The molecule has 0 heterocycles. The van der Waals surface area contributed by atoms with Crippen molar-refractivity contribution < 1.29 is 14.3 Å². The van der Waals surface area contributed by atoms with Crippen molar-refractivity contribution in [2.24, 2.45) is 0 Å². The molecule has 1 aromatic carbocycles. The molecule has 0 saturated carbocycles. The first-order chi connectivity index (χ1) is 8.02. The van der Waals surface area contributed by atoms with Gasteiger partial charge in [-0.05, 0) is 19.9 Å². The zero-order valence-electron chi connectivity index (χ0n) is 10.4. The molecule has 1 amide bonds. The molecule has 1 aromatic rings. The van der Waals surface area contributed by atoms with E-state index in [9.17, 15) is 9.59 Å². The summed E-state index contributed by atoms with van der Waals surface area (Å²) in [5.41, 5.74) is 2.01. The monoisotopic (exact) mass is 235 g/mol. The van der Waals surface area contributed by atoms with Crippen LogP contribution in [0.3, 0.4) is 0 Å². The number of ketones is 1. The normalized spacial score (nSPS) is 9.82. The Morgan fingerprint density at radius 2 is 2.06 bits per heavy atom. The highest BCUT2D eigenvalue weighted by atomic mass is 16.5. The number of hydrogen-bond donors (Lipinski definition) is 1. The molecule has 92 valence electrons. The van der Waals surface area contributed by atoms with Gasteiger partial charge in [0, 0.05) is 12.1 Å². The molecule has 1 rings (SSSR count).